The molecule has 0 heteroatoms. The Kier molecular flexibility index (Phi) is 10.8. The van der Waals surface area contributed by atoms with Gasteiger partial charge in [0.1, 0.15) is 0 Å². The molecule has 0 unspecified atom stereocenters. The van der Waals surface area contributed by atoms with Crippen LogP contribution < -0.4 is 0 Å². The van der Waals surface area contributed by atoms with E-state index in [2.05, 4.69) is 86.4 Å². The second kappa shape index (κ2) is 14.5. The highest BCUT2D eigenvalue weighted by molar-refractivity contribution is 5.39. The topological polar surface area (TPSA) is 0 Å². The fraction of sp³-hybridized carbons (Fsp3) is 0.556. The van der Waals surface area contributed by atoms with Crippen molar-refractivity contribution in [3.05, 3.63) is 82.9 Å². The maximum Gasteiger partial charge on any atom is 0.0249 e. The standard InChI is InChI=1S/C36H48/c1-3-5-9-29-13-21-33(22-14-29)35-25-17-31(18-26-35)11-7-8-12-32-19-27-36(28-20-32)34-23-15-30(16-24-34)10-6-4-2/h7,11,13-14,19-22,27-28,30-31,34-35H,3-6,9-10,15-18,23-26H2,1-2H3. The number of benzene rings is 2. The molecule has 2 aromatic carbocycles. The highest BCUT2D eigenvalue weighted by Crippen LogP contribution is 2.38. The van der Waals surface area contributed by atoms with E-state index in [0.29, 0.717) is 5.92 Å². The third kappa shape index (κ3) is 8.13. The Morgan fingerprint density at radius 3 is 1.89 bits per heavy atom. The molecule has 0 aromatic heterocycles. The van der Waals surface area contributed by atoms with Gasteiger partial charge in [0.25, 0.3) is 0 Å². The van der Waals surface area contributed by atoms with Gasteiger partial charge in [-0.05, 0) is 123 Å². The first-order chi connectivity index (χ1) is 17.7. The molecule has 0 radical (unpaired) electrons. The van der Waals surface area contributed by atoms with Gasteiger partial charge in [-0.1, -0.05) is 93.8 Å². The molecule has 2 fully saturated rings. The van der Waals surface area contributed by atoms with Gasteiger partial charge in [0, 0.05) is 5.56 Å². The minimum absolute atomic E-state index is 0.689. The maximum atomic E-state index is 3.36. The van der Waals surface area contributed by atoms with Crippen molar-refractivity contribution in [3.8, 4) is 11.8 Å². The number of aryl methyl sites for hydroxylation is 1. The van der Waals surface area contributed by atoms with E-state index in [0.717, 1.165) is 23.3 Å². The summed E-state index contributed by atoms with van der Waals surface area (Å²) in [7, 11) is 0. The molecule has 192 valence electrons. The van der Waals surface area contributed by atoms with Gasteiger partial charge >= 0.3 is 0 Å². The van der Waals surface area contributed by atoms with Crippen molar-refractivity contribution in [2.24, 2.45) is 11.8 Å². The predicted molar refractivity (Wildman–Crippen MR) is 156 cm³/mol. The van der Waals surface area contributed by atoms with Gasteiger partial charge in [-0.15, -0.1) is 0 Å². The summed E-state index contributed by atoms with van der Waals surface area (Å²) < 4.78 is 0. The van der Waals surface area contributed by atoms with Gasteiger partial charge in [0.15, 0.2) is 0 Å². The van der Waals surface area contributed by atoms with Gasteiger partial charge in [0.05, 0.1) is 0 Å². The van der Waals surface area contributed by atoms with Gasteiger partial charge < -0.3 is 0 Å². The summed E-state index contributed by atoms with van der Waals surface area (Å²) in [5.41, 5.74) is 5.71. The Morgan fingerprint density at radius 2 is 1.28 bits per heavy atom. The number of hydrogen-bond acceptors (Lipinski definition) is 0. The Hall–Kier alpha value is -2.26. The molecule has 2 aliphatic rings. The van der Waals surface area contributed by atoms with Crippen molar-refractivity contribution < 1.29 is 0 Å². The largest absolute Gasteiger partial charge is 0.0730 e. The number of unbranched alkanes of at least 4 members (excludes halogenated alkanes) is 2. The zero-order valence-corrected chi connectivity index (χ0v) is 23.0. The highest BCUT2D eigenvalue weighted by Gasteiger charge is 2.22. The smallest absolute Gasteiger partial charge is 0.0249 e. The number of allylic oxidation sites excluding steroid dienone is 2. The zero-order chi connectivity index (χ0) is 25.0. The molecule has 0 nitrogen and oxygen atoms in total. The quantitative estimate of drug-likeness (QED) is 0.313. The van der Waals surface area contributed by atoms with Gasteiger partial charge in [-0.3, -0.25) is 0 Å². The average Bonchev–Trinajstić information content (AvgIpc) is 2.94. The highest BCUT2D eigenvalue weighted by atomic mass is 14.3. The average molecular weight is 481 g/mol. The summed E-state index contributed by atoms with van der Waals surface area (Å²) in [4.78, 5) is 0. The maximum absolute atomic E-state index is 3.36. The van der Waals surface area contributed by atoms with Crippen LogP contribution in [0.2, 0.25) is 0 Å². The molecular formula is C36H48. The summed E-state index contributed by atoms with van der Waals surface area (Å²) in [5, 5.41) is 0. The Bertz CT molecular complexity index is 965. The van der Waals surface area contributed by atoms with Crippen molar-refractivity contribution in [3.63, 3.8) is 0 Å². The molecule has 4 rings (SSSR count). The lowest BCUT2D eigenvalue weighted by Crippen LogP contribution is -2.13. The summed E-state index contributed by atoms with van der Waals surface area (Å²) >= 11 is 0. The molecule has 0 aliphatic heterocycles. The Balaban J connectivity index is 1.19. The van der Waals surface area contributed by atoms with Crippen molar-refractivity contribution in [1.82, 2.24) is 0 Å². The predicted octanol–water partition coefficient (Wildman–Crippen LogP) is 10.4. The van der Waals surface area contributed by atoms with Crippen LogP contribution in [0.25, 0.3) is 0 Å². The molecule has 2 saturated carbocycles. The monoisotopic (exact) mass is 480 g/mol. The van der Waals surface area contributed by atoms with Crippen molar-refractivity contribution in [1.29, 1.82) is 0 Å². The minimum Gasteiger partial charge on any atom is -0.0730 e. The second-order valence-corrected chi connectivity index (χ2v) is 11.6. The fourth-order valence-corrected chi connectivity index (χ4v) is 6.41. The van der Waals surface area contributed by atoms with Crippen LogP contribution in [0.5, 0.6) is 0 Å². The van der Waals surface area contributed by atoms with Crippen molar-refractivity contribution >= 4 is 0 Å². The molecule has 0 bridgehead atoms. The molecule has 0 atom stereocenters. The second-order valence-electron chi connectivity index (χ2n) is 11.6. The summed E-state index contributed by atoms with van der Waals surface area (Å²) in [6.07, 6.45) is 23.2. The normalized spacial score (nSPS) is 24.4. The van der Waals surface area contributed by atoms with E-state index in [1.54, 1.807) is 5.56 Å². The van der Waals surface area contributed by atoms with Gasteiger partial charge in [-0.25, -0.2) is 0 Å². The Labute approximate surface area is 222 Å². The van der Waals surface area contributed by atoms with Gasteiger partial charge in [-0.2, -0.15) is 0 Å². The summed E-state index contributed by atoms with van der Waals surface area (Å²) in [6, 6.07) is 18.6. The third-order valence-electron chi connectivity index (χ3n) is 8.90. The van der Waals surface area contributed by atoms with Crippen LogP contribution in [0.4, 0.5) is 0 Å². The van der Waals surface area contributed by atoms with Crippen LogP contribution in [0.15, 0.2) is 60.7 Å². The van der Waals surface area contributed by atoms with Crippen molar-refractivity contribution in [2.45, 2.75) is 116 Å². The molecule has 0 amide bonds. The first-order valence-electron chi connectivity index (χ1n) is 15.1. The molecule has 0 heterocycles. The lowest BCUT2D eigenvalue weighted by atomic mass is 9.77. The van der Waals surface area contributed by atoms with Crippen molar-refractivity contribution in [2.75, 3.05) is 0 Å². The summed E-state index contributed by atoms with van der Waals surface area (Å²) in [6.45, 7) is 4.58. The van der Waals surface area contributed by atoms with E-state index in [9.17, 15) is 0 Å². The van der Waals surface area contributed by atoms with E-state index in [4.69, 9.17) is 0 Å². The van der Waals surface area contributed by atoms with E-state index in [-0.39, 0.29) is 0 Å². The molecule has 0 saturated heterocycles. The number of hydrogen-bond donors (Lipinski definition) is 0. The van der Waals surface area contributed by atoms with E-state index >= 15 is 0 Å². The third-order valence-corrected chi connectivity index (χ3v) is 8.90. The fourth-order valence-electron chi connectivity index (χ4n) is 6.41. The molecule has 0 spiro atoms. The van der Waals surface area contributed by atoms with Crippen LogP contribution in [-0.4, -0.2) is 0 Å². The van der Waals surface area contributed by atoms with Crippen LogP contribution >= 0.6 is 0 Å². The van der Waals surface area contributed by atoms with E-state index in [1.807, 2.05) is 0 Å². The zero-order valence-electron chi connectivity index (χ0n) is 23.0. The lowest BCUT2D eigenvalue weighted by Gasteiger charge is -2.28. The molecule has 2 aromatic rings. The first kappa shape index (κ1) is 26.8. The molecule has 0 N–H and O–H groups in total. The molecule has 36 heavy (non-hydrogen) atoms. The minimum atomic E-state index is 0.689. The van der Waals surface area contributed by atoms with E-state index < -0.39 is 0 Å². The lowest BCUT2D eigenvalue weighted by molar-refractivity contribution is 0.304. The summed E-state index contributed by atoms with van der Waals surface area (Å²) in [5.74, 6) is 9.85. The number of rotatable bonds is 9. The van der Waals surface area contributed by atoms with Crippen LogP contribution in [0.3, 0.4) is 0 Å². The van der Waals surface area contributed by atoms with Gasteiger partial charge in [0.2, 0.25) is 0 Å². The molecular weight excluding hydrogens is 432 g/mol. The van der Waals surface area contributed by atoms with Crippen LogP contribution in [0.1, 0.15) is 131 Å². The van der Waals surface area contributed by atoms with E-state index in [1.165, 1.54) is 101 Å². The van der Waals surface area contributed by atoms with Crippen LogP contribution in [-0.2, 0) is 6.42 Å². The van der Waals surface area contributed by atoms with Crippen LogP contribution in [0, 0.1) is 23.7 Å². The Morgan fingerprint density at radius 1 is 0.694 bits per heavy atom. The SMILES string of the molecule is CCCCc1ccc(C2CCC(C=CC#Cc3ccc(C4CCC(CCCC)CC4)cc3)CC2)cc1. The molecule has 2 aliphatic carbocycles. The first-order valence-corrected chi connectivity index (χ1v) is 15.1.